The molecule has 6 aliphatic rings. The Kier molecular flexibility index (Phi) is 26.0. The first-order valence-corrected chi connectivity index (χ1v) is 25.4. The molecule has 0 aliphatic heterocycles. The van der Waals surface area contributed by atoms with E-state index < -0.39 is 12.7 Å². The van der Waals surface area contributed by atoms with Crippen molar-refractivity contribution in [2.24, 2.45) is 62.5 Å². The minimum atomic E-state index is -1.06. The average Bonchev–Trinajstić information content (AvgIpc) is 3.75. The Morgan fingerprint density at radius 1 is 0.500 bits per heavy atom. The van der Waals surface area contributed by atoms with Gasteiger partial charge in [0, 0.05) is 9.60 Å². The van der Waals surface area contributed by atoms with Gasteiger partial charge in [-0.2, -0.15) is 0 Å². The molecule has 58 heavy (non-hydrogen) atoms. The van der Waals surface area contributed by atoms with Crippen molar-refractivity contribution in [2.75, 3.05) is 0 Å². The fraction of sp³-hybridized carbons (Fsp3) is 1.00. The zero-order valence-corrected chi connectivity index (χ0v) is 44.4. The second-order valence-corrected chi connectivity index (χ2v) is 24.9. The summed E-state index contributed by atoms with van der Waals surface area (Å²) < 4.78 is 50.7. The van der Waals surface area contributed by atoms with Gasteiger partial charge < -0.3 is 0 Å². The van der Waals surface area contributed by atoms with Crippen molar-refractivity contribution < 1.29 is 9.60 Å². The van der Waals surface area contributed by atoms with Gasteiger partial charge in [-0.15, -0.1) is 0 Å². The summed E-state index contributed by atoms with van der Waals surface area (Å²) in [4.78, 5) is 0. The van der Waals surface area contributed by atoms with Crippen LogP contribution in [0.1, 0.15) is 321 Å². The third-order valence-electron chi connectivity index (χ3n) is 13.5. The van der Waals surface area contributed by atoms with Gasteiger partial charge in [-0.1, -0.05) is 248 Å². The zero-order chi connectivity index (χ0) is 51.4. The summed E-state index contributed by atoms with van der Waals surface area (Å²) in [5.41, 5.74) is 2.57. The van der Waals surface area contributed by atoms with Crippen LogP contribution in [0.3, 0.4) is 0 Å². The Hall–Kier alpha value is 0. The average molecular weight is 825 g/mol. The van der Waals surface area contributed by atoms with Crippen LogP contribution in [-0.2, 0) is 0 Å². The Morgan fingerprint density at radius 3 is 0.983 bits per heavy atom. The van der Waals surface area contributed by atoms with Crippen LogP contribution in [0.15, 0.2) is 0 Å². The lowest BCUT2D eigenvalue weighted by atomic mass is 9.59. The maximum absolute atomic E-state index is 7.63. The molecular formula is C58H120. The van der Waals surface area contributed by atoms with E-state index in [-0.39, 0.29) is 29.0 Å². The highest BCUT2D eigenvalue weighted by Crippen LogP contribution is 2.53. The molecule has 0 nitrogen and oxygen atoms in total. The van der Waals surface area contributed by atoms with Crippen molar-refractivity contribution in [1.82, 2.24) is 0 Å². The first-order valence-electron chi connectivity index (χ1n) is 28.9. The Morgan fingerprint density at radius 2 is 0.759 bits per heavy atom. The topological polar surface area (TPSA) is 0 Å². The second kappa shape index (κ2) is 31.8. The van der Waals surface area contributed by atoms with E-state index in [1.165, 1.54) is 109 Å². The summed E-state index contributed by atoms with van der Waals surface area (Å²) in [6.07, 6.45) is 33.2. The first kappa shape index (κ1) is 47.5. The molecule has 0 N–H and O–H groups in total. The maximum atomic E-state index is 7.63. The highest BCUT2D eigenvalue weighted by atomic mass is 14.5. The van der Waals surface area contributed by atoms with E-state index in [0.717, 1.165) is 48.3 Å². The lowest BCUT2D eigenvalue weighted by Gasteiger charge is -2.47. The normalized spacial score (nSPS) is 26.6. The molecule has 6 aliphatic carbocycles. The van der Waals surface area contributed by atoms with E-state index in [1.54, 1.807) is 39.5 Å². The molecule has 2 spiro atoms. The number of hydrogen-bond donors (Lipinski definition) is 0. The monoisotopic (exact) mass is 824 g/mol. The smallest absolute Gasteiger partial charge is 0.0300 e. The molecule has 0 heterocycles. The molecule has 0 saturated heterocycles. The summed E-state index contributed by atoms with van der Waals surface area (Å²) in [5.74, 6) is 1.79. The molecule has 0 bridgehead atoms. The molecule has 6 rings (SSSR count). The second-order valence-electron chi connectivity index (χ2n) is 24.9. The predicted molar refractivity (Wildman–Crippen MR) is 271 cm³/mol. The summed E-state index contributed by atoms with van der Waals surface area (Å²) in [5, 5.41) is 0. The predicted octanol–water partition coefficient (Wildman–Crippen LogP) is 21.5. The van der Waals surface area contributed by atoms with E-state index in [2.05, 4.69) is 55.4 Å². The van der Waals surface area contributed by atoms with Crippen molar-refractivity contribution in [3.05, 3.63) is 0 Å². The summed E-state index contributed by atoms with van der Waals surface area (Å²) in [6.45, 7) is 40.8. The first-order chi connectivity index (χ1) is 28.9. The zero-order valence-electron chi connectivity index (χ0n) is 51.4. The molecule has 6 saturated carbocycles. The van der Waals surface area contributed by atoms with Gasteiger partial charge in [-0.3, -0.25) is 0 Å². The van der Waals surface area contributed by atoms with E-state index in [9.17, 15) is 0 Å². The van der Waals surface area contributed by atoms with E-state index in [0.29, 0.717) is 10.8 Å². The van der Waals surface area contributed by atoms with Gasteiger partial charge in [-0.25, -0.2) is 0 Å². The van der Waals surface area contributed by atoms with Crippen LogP contribution in [0, 0.1) is 62.5 Å². The molecular weight excluding hydrogens is 697 g/mol. The third-order valence-corrected chi connectivity index (χ3v) is 13.5. The summed E-state index contributed by atoms with van der Waals surface area (Å²) in [6, 6.07) is 0. The van der Waals surface area contributed by atoms with Crippen LogP contribution in [0.5, 0.6) is 0 Å². The van der Waals surface area contributed by atoms with Crippen molar-refractivity contribution >= 4 is 0 Å². The molecule has 0 amide bonds. The van der Waals surface area contributed by atoms with Gasteiger partial charge in [0.25, 0.3) is 0 Å². The molecule has 6 fully saturated rings. The van der Waals surface area contributed by atoms with Crippen molar-refractivity contribution in [1.29, 1.82) is 0 Å². The molecule has 0 heteroatoms. The van der Waals surface area contributed by atoms with Gasteiger partial charge in [0.05, 0.1) is 0 Å². The van der Waals surface area contributed by atoms with E-state index >= 15 is 0 Å². The molecule has 0 radical (unpaired) electrons. The minimum absolute atomic E-state index is 0.0556. The molecule has 0 aromatic carbocycles. The molecule has 0 aromatic rings. The Balaban J connectivity index is 0. The van der Waals surface area contributed by atoms with Gasteiger partial charge in [0.1, 0.15) is 0 Å². The third kappa shape index (κ3) is 37.7. The molecule has 352 valence electrons. The van der Waals surface area contributed by atoms with Crippen molar-refractivity contribution in [2.45, 2.75) is 312 Å². The van der Waals surface area contributed by atoms with Gasteiger partial charge >= 0.3 is 0 Å². The van der Waals surface area contributed by atoms with Crippen LogP contribution < -0.4 is 0 Å². The van der Waals surface area contributed by atoms with Crippen LogP contribution in [0.25, 0.3) is 0 Å². The summed E-state index contributed by atoms with van der Waals surface area (Å²) in [7, 11) is 0. The number of rotatable bonds is 1. The number of hydrogen-bond acceptors (Lipinski definition) is 0. The fourth-order valence-corrected chi connectivity index (χ4v) is 8.47. The van der Waals surface area contributed by atoms with Crippen LogP contribution in [0.4, 0.5) is 0 Å². The maximum Gasteiger partial charge on any atom is 0.0300 e. The Bertz CT molecular complexity index is 1110. The highest BCUT2D eigenvalue weighted by Gasteiger charge is 2.40. The van der Waals surface area contributed by atoms with E-state index in [1.807, 2.05) is 69.2 Å². The lowest BCUT2D eigenvalue weighted by Crippen LogP contribution is -2.34. The van der Waals surface area contributed by atoms with E-state index in [4.69, 9.17) is 9.60 Å². The lowest BCUT2D eigenvalue weighted by molar-refractivity contribution is 0.0511. The standard InChI is InChI=1S/C14H26.C11H20.C7H14.C6H12.C6H14.2C5H12.C4H10/c1-12-4-6-14(7-5-12)10-8-13(2,3)9-11-14;1-10-4-8-11(9-5-10)6-2-3-7-11;1-7-5-3-2-4-6-7;1-6-4-2-3-5-6;1-5-6(2,3)4;1-5(2,3)4;1-4-5(2)3;1-4(2)3/h12H,4-11H2,1-3H3;10H,2-9H2,1H3;7H,2-6H2,1H3;6H,2-5H2,1H3;5H2,1-4H3;1-4H3;5H,4H2,1-3H3;4H,1-3H3/i;;7D;6D;5D2;;4D2;4D. The SMILES string of the molecule is CC(C)(C)C.CC1CCC2(CC1)CCC(C)(C)CC2.CC1CCC2(CCCC2)CC1.[2H]C(C)(C)C.[2H]C([2H])(C)C(C)(C)C.[2H]C([2H])(C)C(C)C.[2H]C1(C)CCCC1.[2H]C1(C)CCCCC1. The van der Waals surface area contributed by atoms with Crippen LogP contribution >= 0.6 is 0 Å². The fourth-order valence-electron chi connectivity index (χ4n) is 8.47. The Labute approximate surface area is 382 Å². The minimum Gasteiger partial charge on any atom is -0.0651 e. The molecule has 0 unspecified atom stereocenters. The molecule has 0 atom stereocenters. The highest BCUT2D eigenvalue weighted by molar-refractivity contribution is 4.92. The van der Waals surface area contributed by atoms with Gasteiger partial charge in [0.2, 0.25) is 0 Å². The van der Waals surface area contributed by atoms with Crippen molar-refractivity contribution in [3.8, 4) is 0 Å². The van der Waals surface area contributed by atoms with Gasteiger partial charge in [-0.05, 0) is 127 Å². The molecule has 0 aromatic heterocycles. The largest absolute Gasteiger partial charge is 0.0651 e. The van der Waals surface area contributed by atoms with Gasteiger partial charge in [0.15, 0.2) is 0 Å². The van der Waals surface area contributed by atoms with Crippen LogP contribution in [0.2, 0.25) is 0 Å². The summed E-state index contributed by atoms with van der Waals surface area (Å²) >= 11 is 0. The van der Waals surface area contributed by atoms with Crippen molar-refractivity contribution in [3.63, 3.8) is 0 Å². The quantitative estimate of drug-likeness (QED) is 0.247. The van der Waals surface area contributed by atoms with Crippen LogP contribution in [-0.4, -0.2) is 0 Å².